The van der Waals surface area contributed by atoms with E-state index in [1.807, 2.05) is 22.6 Å². The van der Waals surface area contributed by atoms with Crippen molar-refractivity contribution >= 4 is 40.3 Å². The van der Waals surface area contributed by atoms with E-state index in [1.54, 1.807) is 0 Å². The van der Waals surface area contributed by atoms with Crippen LogP contribution in [0.3, 0.4) is 0 Å². The Kier molecular flexibility index (Phi) is 4.79. The molecule has 1 aliphatic heterocycles. The van der Waals surface area contributed by atoms with Crippen LogP contribution in [0, 0.1) is 15.3 Å². The number of carbonyl (C=O) groups excluding carboxylic acids is 1. The van der Waals surface area contributed by atoms with Crippen LogP contribution in [-0.2, 0) is 4.79 Å². The number of likely N-dealkylation sites (tertiary alicyclic amines) is 1. The zero-order chi connectivity index (χ0) is 14.7. The topological polar surface area (TPSA) is 69.6 Å². The summed E-state index contributed by atoms with van der Waals surface area (Å²) in [5, 5.41) is 11.7. The second-order valence-electron chi connectivity index (χ2n) is 4.68. The van der Waals surface area contributed by atoms with Crippen molar-refractivity contribution in [1.29, 1.82) is 0 Å². The summed E-state index contributed by atoms with van der Waals surface area (Å²) in [6, 6.07) is 3.74. The number of piperidine rings is 1. The van der Waals surface area contributed by atoms with E-state index >= 15 is 0 Å². The van der Waals surface area contributed by atoms with Crippen molar-refractivity contribution in [1.82, 2.24) is 4.90 Å². The lowest BCUT2D eigenvalue weighted by Gasteiger charge is -2.30. The van der Waals surface area contributed by atoms with Gasteiger partial charge in [0.25, 0.3) is 0 Å². The van der Waals surface area contributed by atoms with E-state index in [0.717, 1.165) is 0 Å². The highest BCUT2D eigenvalue weighted by atomic mass is 127. The normalized spacial score (nSPS) is 18.7. The lowest BCUT2D eigenvalue weighted by atomic mass is 9.99. The Morgan fingerprint density at radius 3 is 2.85 bits per heavy atom. The van der Waals surface area contributed by atoms with E-state index < -0.39 is 11.9 Å². The van der Waals surface area contributed by atoms with Gasteiger partial charge in [-0.05, 0) is 53.6 Å². The number of halogens is 2. The fraction of sp³-hybridized carbons (Fsp3) is 0.385. The summed E-state index contributed by atoms with van der Waals surface area (Å²) in [6.07, 6.45) is 1.26. The van der Waals surface area contributed by atoms with Gasteiger partial charge in [-0.25, -0.2) is 9.18 Å². The highest BCUT2D eigenvalue weighted by Crippen LogP contribution is 2.21. The smallest absolute Gasteiger partial charge is 0.321 e. The van der Waals surface area contributed by atoms with Crippen LogP contribution >= 0.6 is 22.6 Å². The molecule has 0 spiro atoms. The van der Waals surface area contributed by atoms with E-state index in [4.69, 9.17) is 5.11 Å². The Bertz CT molecular complexity index is 538. The van der Waals surface area contributed by atoms with Gasteiger partial charge in [0.15, 0.2) is 0 Å². The van der Waals surface area contributed by atoms with E-state index in [1.165, 1.54) is 23.1 Å². The lowest BCUT2D eigenvalue weighted by Crippen LogP contribution is -2.44. The molecule has 0 radical (unpaired) electrons. The number of benzene rings is 1. The molecule has 1 aromatic carbocycles. The molecule has 1 aliphatic rings. The second-order valence-corrected chi connectivity index (χ2v) is 5.84. The van der Waals surface area contributed by atoms with E-state index in [-0.39, 0.29) is 18.4 Å². The first-order valence-corrected chi connectivity index (χ1v) is 7.29. The number of amides is 2. The molecule has 2 amide bonds. The van der Waals surface area contributed by atoms with E-state index in [9.17, 15) is 14.0 Å². The molecule has 0 aliphatic carbocycles. The van der Waals surface area contributed by atoms with Crippen molar-refractivity contribution in [3.63, 3.8) is 0 Å². The van der Waals surface area contributed by atoms with Crippen molar-refractivity contribution < 1.29 is 19.1 Å². The third-order valence-corrected chi connectivity index (χ3v) is 4.12. The predicted octanol–water partition coefficient (Wildman–Crippen LogP) is 2.76. The third kappa shape index (κ3) is 3.59. The van der Waals surface area contributed by atoms with Crippen molar-refractivity contribution in [2.75, 3.05) is 18.4 Å². The zero-order valence-electron chi connectivity index (χ0n) is 10.6. The van der Waals surface area contributed by atoms with Crippen LogP contribution in [-0.4, -0.2) is 35.1 Å². The van der Waals surface area contributed by atoms with E-state index in [2.05, 4.69) is 5.32 Å². The highest BCUT2D eigenvalue weighted by Gasteiger charge is 2.28. The molecule has 1 atom stereocenters. The first-order chi connectivity index (χ1) is 9.47. The highest BCUT2D eigenvalue weighted by molar-refractivity contribution is 14.1. The summed E-state index contributed by atoms with van der Waals surface area (Å²) in [7, 11) is 0. The number of rotatable bonds is 2. The molecule has 0 saturated carbocycles. The summed E-state index contributed by atoms with van der Waals surface area (Å²) in [5.74, 6) is -1.75. The van der Waals surface area contributed by atoms with Crippen LogP contribution in [0.5, 0.6) is 0 Å². The number of aliphatic carboxylic acids is 1. The number of anilines is 1. The molecule has 1 aromatic rings. The summed E-state index contributed by atoms with van der Waals surface area (Å²) in [6.45, 7) is 0.742. The molecule has 1 saturated heterocycles. The van der Waals surface area contributed by atoms with Gasteiger partial charge in [0.2, 0.25) is 0 Å². The third-order valence-electron chi connectivity index (χ3n) is 3.23. The fourth-order valence-electron chi connectivity index (χ4n) is 2.15. The van der Waals surface area contributed by atoms with Crippen LogP contribution in [0.15, 0.2) is 18.2 Å². The average Bonchev–Trinajstić information content (AvgIpc) is 2.42. The minimum absolute atomic E-state index is 0.207. The zero-order valence-corrected chi connectivity index (χ0v) is 12.8. The predicted molar refractivity (Wildman–Crippen MR) is 80.1 cm³/mol. The van der Waals surface area contributed by atoms with Crippen LogP contribution in [0.1, 0.15) is 12.8 Å². The maximum absolute atomic E-state index is 13.0. The number of nitrogens with zero attached hydrogens (tertiary/aromatic N) is 1. The maximum Gasteiger partial charge on any atom is 0.321 e. The summed E-state index contributed by atoms with van der Waals surface area (Å²) >= 11 is 1.94. The average molecular weight is 392 g/mol. The molecule has 2 N–H and O–H groups in total. The number of hydrogen-bond acceptors (Lipinski definition) is 2. The number of hydrogen-bond donors (Lipinski definition) is 2. The van der Waals surface area contributed by atoms with Gasteiger partial charge >= 0.3 is 12.0 Å². The van der Waals surface area contributed by atoms with Crippen molar-refractivity contribution in [2.24, 2.45) is 5.92 Å². The first-order valence-electron chi connectivity index (χ1n) is 6.21. The van der Waals surface area contributed by atoms with Gasteiger partial charge in [-0.15, -0.1) is 0 Å². The molecular weight excluding hydrogens is 378 g/mol. The number of nitrogens with one attached hydrogen (secondary N) is 1. The van der Waals surface area contributed by atoms with Gasteiger partial charge in [-0.1, -0.05) is 0 Å². The molecule has 1 unspecified atom stereocenters. The SMILES string of the molecule is O=C(O)C1CCCN(C(=O)Nc2ccc(F)cc2I)C1. The summed E-state index contributed by atoms with van der Waals surface area (Å²) in [4.78, 5) is 24.6. The molecule has 5 nitrogen and oxygen atoms in total. The maximum atomic E-state index is 13.0. The van der Waals surface area contributed by atoms with Crippen molar-refractivity contribution in [3.8, 4) is 0 Å². The van der Waals surface area contributed by atoms with Crippen molar-refractivity contribution in [3.05, 3.63) is 27.6 Å². The molecule has 7 heteroatoms. The molecule has 1 heterocycles. The fourth-order valence-corrected chi connectivity index (χ4v) is 2.76. The molecule has 0 aromatic heterocycles. The Morgan fingerprint density at radius 1 is 1.45 bits per heavy atom. The second kappa shape index (κ2) is 6.38. The largest absolute Gasteiger partial charge is 0.481 e. The van der Waals surface area contributed by atoms with Gasteiger partial charge in [0, 0.05) is 16.7 Å². The van der Waals surface area contributed by atoms with Gasteiger partial charge in [0.1, 0.15) is 5.82 Å². The van der Waals surface area contributed by atoms with E-state index in [0.29, 0.717) is 28.6 Å². The lowest BCUT2D eigenvalue weighted by molar-refractivity contribution is -0.143. The molecular formula is C13H14FIN2O3. The van der Waals surface area contributed by atoms with Crippen molar-refractivity contribution in [2.45, 2.75) is 12.8 Å². The molecule has 108 valence electrons. The van der Waals surface area contributed by atoms with Gasteiger partial charge in [-0.3, -0.25) is 4.79 Å². The molecule has 1 fully saturated rings. The van der Waals surface area contributed by atoms with Crippen LogP contribution in [0.4, 0.5) is 14.9 Å². The van der Waals surface area contributed by atoms with Gasteiger partial charge in [-0.2, -0.15) is 0 Å². The molecule has 20 heavy (non-hydrogen) atoms. The Labute approximate surface area is 129 Å². The van der Waals surface area contributed by atoms with Crippen LogP contribution < -0.4 is 5.32 Å². The molecule has 0 bridgehead atoms. The number of urea groups is 1. The summed E-state index contributed by atoms with van der Waals surface area (Å²) in [5.41, 5.74) is 0.523. The standard InChI is InChI=1S/C13H14FIN2O3/c14-9-3-4-11(10(15)6-9)16-13(20)17-5-1-2-8(7-17)12(18)19/h3-4,6,8H,1-2,5,7H2,(H,16,20)(H,18,19). The first kappa shape index (κ1) is 15.0. The van der Waals surface area contributed by atoms with Gasteiger partial charge in [0.05, 0.1) is 11.6 Å². The number of carbonyl (C=O) groups is 2. The quantitative estimate of drug-likeness (QED) is 0.761. The van der Waals surface area contributed by atoms with Crippen LogP contribution in [0.25, 0.3) is 0 Å². The Balaban J connectivity index is 2.02. The van der Waals surface area contributed by atoms with Crippen LogP contribution in [0.2, 0.25) is 0 Å². The summed E-state index contributed by atoms with van der Waals surface area (Å²) < 4.78 is 13.6. The molecule has 2 rings (SSSR count). The Morgan fingerprint density at radius 2 is 2.20 bits per heavy atom. The number of carboxylic acid groups (broad SMARTS) is 1. The Hall–Kier alpha value is -1.38. The number of carboxylic acids is 1. The monoisotopic (exact) mass is 392 g/mol. The minimum Gasteiger partial charge on any atom is -0.481 e. The van der Waals surface area contributed by atoms with Gasteiger partial charge < -0.3 is 15.3 Å². The minimum atomic E-state index is -0.876.